The number of carbonyl (C=O) groups excluding carboxylic acids is 1. The van der Waals surface area contributed by atoms with Crippen LogP contribution >= 0.6 is 11.3 Å². The van der Waals surface area contributed by atoms with Crippen LogP contribution < -0.4 is 10.3 Å². The maximum atomic E-state index is 14.5. The molecular formula is C31H28FN5O3S. The lowest BCUT2D eigenvalue weighted by Crippen LogP contribution is -2.37. The molecule has 0 saturated heterocycles. The topological polar surface area (TPSA) is 82.3 Å². The van der Waals surface area contributed by atoms with Gasteiger partial charge in [0.25, 0.3) is 0 Å². The number of ether oxygens (including phenoxy) is 1. The summed E-state index contributed by atoms with van der Waals surface area (Å²) >= 11 is 1.55. The number of pyridine rings is 2. The van der Waals surface area contributed by atoms with Crippen LogP contribution in [0.2, 0.25) is 0 Å². The van der Waals surface area contributed by atoms with E-state index in [0.717, 1.165) is 26.9 Å². The summed E-state index contributed by atoms with van der Waals surface area (Å²) in [5.41, 5.74) is 4.98. The molecule has 10 heteroatoms. The van der Waals surface area contributed by atoms with Gasteiger partial charge in [0, 0.05) is 58.7 Å². The second-order valence-electron chi connectivity index (χ2n) is 10.2. The Morgan fingerprint density at radius 1 is 1.15 bits per heavy atom. The lowest BCUT2D eigenvalue weighted by molar-refractivity contribution is -0.127. The molecule has 0 aliphatic carbocycles. The largest absolute Gasteiger partial charge is 0.490 e. The molecule has 0 bridgehead atoms. The molecule has 5 heterocycles. The van der Waals surface area contributed by atoms with Crippen molar-refractivity contribution in [2.75, 3.05) is 6.54 Å². The SMILES string of the molecule is C=CC(=O)N1CCn2nc(-c3nc(-c4ccc(=O)n(C)c4)c4ccsc4c3-c3ccc(F)cc3OC(C)C)cc2C1. The first-order chi connectivity index (χ1) is 19.7. The molecule has 0 fully saturated rings. The van der Waals surface area contributed by atoms with Crippen LogP contribution in [0.15, 0.2) is 71.5 Å². The lowest BCUT2D eigenvalue weighted by Gasteiger charge is -2.26. The summed E-state index contributed by atoms with van der Waals surface area (Å²) < 4.78 is 24.9. The molecule has 0 N–H and O–H groups in total. The summed E-state index contributed by atoms with van der Waals surface area (Å²) in [6.45, 7) is 8.88. The van der Waals surface area contributed by atoms with E-state index in [2.05, 4.69) is 6.58 Å². The summed E-state index contributed by atoms with van der Waals surface area (Å²) in [4.78, 5) is 31.4. The van der Waals surface area contributed by atoms with Crippen molar-refractivity contribution in [3.05, 3.63) is 88.6 Å². The standard InChI is InChI=1S/C31H28FN5O3S/c1-5-26(38)36-11-12-37-21(17-36)15-24(34-37)30-28(22-8-7-20(32)14-25(22)40-18(2)3)31-23(10-13-41-31)29(33-30)19-6-9-27(39)35(4)16-19/h5-10,13-16,18H,1,11-12,17H2,2-4H3. The molecule has 0 saturated carbocycles. The van der Waals surface area contributed by atoms with Crippen LogP contribution in [0.4, 0.5) is 4.39 Å². The molecule has 1 amide bonds. The molecule has 8 nitrogen and oxygen atoms in total. The van der Waals surface area contributed by atoms with Crippen molar-refractivity contribution >= 4 is 27.3 Å². The third-order valence-corrected chi connectivity index (χ3v) is 8.00. The number of amides is 1. The van der Waals surface area contributed by atoms with Gasteiger partial charge in [-0.25, -0.2) is 9.37 Å². The van der Waals surface area contributed by atoms with Gasteiger partial charge in [0.1, 0.15) is 23.0 Å². The number of rotatable bonds is 6. The number of hydrogen-bond acceptors (Lipinski definition) is 6. The molecule has 0 atom stereocenters. The normalized spacial score (nSPS) is 13.0. The number of aryl methyl sites for hydroxylation is 1. The highest BCUT2D eigenvalue weighted by molar-refractivity contribution is 7.18. The van der Waals surface area contributed by atoms with E-state index in [0.29, 0.717) is 48.0 Å². The second kappa shape index (κ2) is 10.4. The Balaban J connectivity index is 1.63. The lowest BCUT2D eigenvalue weighted by atomic mass is 9.97. The van der Waals surface area contributed by atoms with Crippen LogP contribution in [0.5, 0.6) is 5.75 Å². The molecule has 4 aromatic heterocycles. The third-order valence-electron chi connectivity index (χ3n) is 7.07. The molecule has 0 radical (unpaired) electrons. The van der Waals surface area contributed by atoms with E-state index in [1.807, 2.05) is 36.0 Å². The van der Waals surface area contributed by atoms with Gasteiger partial charge in [-0.3, -0.25) is 14.3 Å². The zero-order valence-corrected chi connectivity index (χ0v) is 23.7. The van der Waals surface area contributed by atoms with Gasteiger partial charge in [-0.05, 0) is 55.6 Å². The van der Waals surface area contributed by atoms with Crippen LogP contribution in [0, 0.1) is 5.82 Å². The van der Waals surface area contributed by atoms with Crippen LogP contribution in [0.25, 0.3) is 43.9 Å². The van der Waals surface area contributed by atoms with E-state index in [1.54, 1.807) is 41.6 Å². The van der Waals surface area contributed by atoms with Crippen LogP contribution in [0.1, 0.15) is 19.5 Å². The fourth-order valence-electron chi connectivity index (χ4n) is 5.17. The van der Waals surface area contributed by atoms with Gasteiger partial charge in [-0.15, -0.1) is 11.3 Å². The fourth-order valence-corrected chi connectivity index (χ4v) is 6.12. The Kier molecular flexibility index (Phi) is 6.78. The predicted molar refractivity (Wildman–Crippen MR) is 158 cm³/mol. The van der Waals surface area contributed by atoms with Gasteiger partial charge in [0.15, 0.2) is 0 Å². The summed E-state index contributed by atoms with van der Waals surface area (Å²) in [6.07, 6.45) is 2.92. The average Bonchev–Trinajstić information content (AvgIpc) is 3.60. The Bertz CT molecular complexity index is 1890. The number of carbonyl (C=O) groups is 1. The van der Waals surface area contributed by atoms with E-state index >= 15 is 0 Å². The Morgan fingerprint density at radius 3 is 2.73 bits per heavy atom. The minimum atomic E-state index is -0.396. The molecule has 6 rings (SSSR count). The third kappa shape index (κ3) is 4.84. The van der Waals surface area contributed by atoms with Gasteiger partial charge in [-0.1, -0.05) is 6.58 Å². The number of benzene rings is 1. The van der Waals surface area contributed by atoms with Crippen LogP contribution in [-0.2, 0) is 24.9 Å². The zero-order chi connectivity index (χ0) is 28.8. The molecule has 1 aromatic carbocycles. The molecule has 0 unspecified atom stereocenters. The molecule has 1 aliphatic heterocycles. The maximum absolute atomic E-state index is 14.5. The van der Waals surface area contributed by atoms with Gasteiger partial charge in [0.05, 0.1) is 30.6 Å². The highest BCUT2D eigenvalue weighted by Gasteiger charge is 2.27. The van der Waals surface area contributed by atoms with Crippen LogP contribution in [0.3, 0.4) is 0 Å². The number of hydrogen-bond donors (Lipinski definition) is 0. The Hall–Kier alpha value is -4.57. The molecule has 208 valence electrons. The number of aromatic nitrogens is 4. The van der Waals surface area contributed by atoms with Crippen molar-refractivity contribution in [2.45, 2.75) is 33.0 Å². The second-order valence-corrected chi connectivity index (χ2v) is 11.1. The molecule has 1 aliphatic rings. The van der Waals surface area contributed by atoms with E-state index < -0.39 is 5.82 Å². The van der Waals surface area contributed by atoms with E-state index in [1.165, 1.54) is 28.8 Å². The van der Waals surface area contributed by atoms with E-state index in [-0.39, 0.29) is 17.6 Å². The van der Waals surface area contributed by atoms with Crippen molar-refractivity contribution in [1.82, 2.24) is 24.2 Å². The summed E-state index contributed by atoms with van der Waals surface area (Å²) in [5, 5.41) is 7.81. The van der Waals surface area contributed by atoms with Crippen molar-refractivity contribution in [2.24, 2.45) is 7.05 Å². The summed E-state index contributed by atoms with van der Waals surface area (Å²) in [7, 11) is 1.71. The highest BCUT2D eigenvalue weighted by Crippen LogP contribution is 2.46. The molecule has 5 aromatic rings. The average molecular weight is 570 g/mol. The smallest absolute Gasteiger partial charge is 0.250 e. The predicted octanol–water partition coefficient (Wildman–Crippen LogP) is 5.65. The van der Waals surface area contributed by atoms with Crippen molar-refractivity contribution in [3.63, 3.8) is 0 Å². The van der Waals surface area contributed by atoms with Gasteiger partial charge in [-0.2, -0.15) is 5.10 Å². The van der Waals surface area contributed by atoms with Gasteiger partial charge in [0.2, 0.25) is 11.5 Å². The number of fused-ring (bicyclic) bond motifs is 2. The highest BCUT2D eigenvalue weighted by atomic mass is 32.1. The molecule has 0 spiro atoms. The number of halogens is 1. The molecule has 41 heavy (non-hydrogen) atoms. The first-order valence-electron chi connectivity index (χ1n) is 13.3. The van der Waals surface area contributed by atoms with Crippen molar-refractivity contribution < 1.29 is 13.9 Å². The minimum absolute atomic E-state index is 0.116. The van der Waals surface area contributed by atoms with Gasteiger partial charge >= 0.3 is 0 Å². The zero-order valence-electron chi connectivity index (χ0n) is 22.9. The first-order valence-corrected chi connectivity index (χ1v) is 14.1. The Labute approximate surface area is 239 Å². The van der Waals surface area contributed by atoms with E-state index in [9.17, 15) is 14.0 Å². The fraction of sp³-hybridized carbons (Fsp3) is 0.226. The van der Waals surface area contributed by atoms with Gasteiger partial charge < -0.3 is 14.2 Å². The number of thiophene rings is 1. The summed E-state index contributed by atoms with van der Waals surface area (Å²) in [5.74, 6) is -0.108. The molecular weight excluding hydrogens is 541 g/mol. The quantitative estimate of drug-likeness (QED) is 0.247. The minimum Gasteiger partial charge on any atom is -0.490 e. The maximum Gasteiger partial charge on any atom is 0.250 e. The Morgan fingerprint density at radius 2 is 1.98 bits per heavy atom. The first kappa shape index (κ1) is 26.6. The summed E-state index contributed by atoms with van der Waals surface area (Å²) in [6, 6.07) is 11.8. The number of nitrogens with zero attached hydrogens (tertiary/aromatic N) is 5. The van der Waals surface area contributed by atoms with Crippen molar-refractivity contribution in [1.29, 1.82) is 0 Å². The van der Waals surface area contributed by atoms with Crippen LogP contribution in [-0.4, -0.2) is 42.8 Å². The monoisotopic (exact) mass is 569 g/mol. The van der Waals surface area contributed by atoms with E-state index in [4.69, 9.17) is 14.8 Å². The van der Waals surface area contributed by atoms with Crippen molar-refractivity contribution in [3.8, 4) is 39.5 Å².